The lowest BCUT2D eigenvalue weighted by Gasteiger charge is -2.36. The molecule has 0 amide bonds. The normalized spacial score (nSPS) is 21.8. The highest BCUT2D eigenvalue weighted by atomic mass is 32.2. The van der Waals surface area contributed by atoms with Gasteiger partial charge in [0.2, 0.25) is 5.78 Å². The van der Waals surface area contributed by atoms with Crippen LogP contribution in [0.2, 0.25) is 0 Å². The van der Waals surface area contributed by atoms with Crippen molar-refractivity contribution in [1.29, 1.82) is 0 Å². The van der Waals surface area contributed by atoms with Crippen molar-refractivity contribution >= 4 is 17.5 Å². The van der Waals surface area contributed by atoms with Gasteiger partial charge in [0.1, 0.15) is 5.75 Å². The number of benzene rings is 2. The zero-order chi connectivity index (χ0) is 22.9. The van der Waals surface area contributed by atoms with Gasteiger partial charge in [-0.25, -0.2) is 0 Å². The Morgan fingerprint density at radius 3 is 2.42 bits per heavy atom. The third-order valence-electron chi connectivity index (χ3n) is 5.50. The average Bonchev–Trinajstić information content (AvgIpc) is 2.90. The van der Waals surface area contributed by atoms with E-state index in [1.165, 1.54) is 18.9 Å². The predicted octanol–water partition coefficient (Wildman–Crippen LogP) is 5.79. The van der Waals surface area contributed by atoms with Crippen molar-refractivity contribution in [3.05, 3.63) is 59.7 Å². The molecule has 2 atom stereocenters. The number of ether oxygens (including phenoxy) is 1. The number of nitrogens with one attached hydrogen (secondary N) is 1. The molecule has 1 heterocycles. The summed E-state index contributed by atoms with van der Waals surface area (Å²) in [7, 11) is 1.52. The van der Waals surface area contributed by atoms with E-state index in [0.29, 0.717) is 5.75 Å². The topological polar surface area (TPSA) is 38.3 Å². The molecule has 0 aliphatic carbocycles. The van der Waals surface area contributed by atoms with Gasteiger partial charge >= 0.3 is 12.1 Å². The molecule has 0 radical (unpaired) electrons. The Morgan fingerprint density at radius 2 is 1.84 bits per heavy atom. The minimum Gasteiger partial charge on any atom is -0.497 e. The number of thioether (sulfide) groups is 1. The van der Waals surface area contributed by atoms with E-state index >= 15 is 0 Å². The lowest BCUT2D eigenvalue weighted by atomic mass is 9.86. The molecule has 31 heavy (non-hydrogen) atoms. The minimum atomic E-state index is -5.92. The molecule has 168 valence electrons. The molecule has 0 aromatic heterocycles. The first-order valence-corrected chi connectivity index (χ1v) is 10.6. The molecule has 2 aromatic carbocycles. The first kappa shape index (κ1) is 23.5. The van der Waals surface area contributed by atoms with E-state index in [9.17, 15) is 26.7 Å². The number of methoxy groups -OCH3 is 1. The van der Waals surface area contributed by atoms with Crippen molar-refractivity contribution in [2.24, 2.45) is 0 Å². The second-order valence-corrected chi connectivity index (χ2v) is 8.50. The number of Topliss-reactive ketones (excluding diaryl/α,β-unsaturated/α-hetero) is 1. The molecule has 3 nitrogen and oxygen atoms in total. The van der Waals surface area contributed by atoms with E-state index in [4.69, 9.17) is 4.74 Å². The lowest BCUT2D eigenvalue weighted by molar-refractivity contribution is -0.269. The molecule has 1 aliphatic rings. The molecule has 0 bridgehead atoms. The number of alkyl halides is 5. The summed E-state index contributed by atoms with van der Waals surface area (Å²) in [6, 6.07) is 14.0. The highest BCUT2D eigenvalue weighted by Crippen LogP contribution is 2.44. The summed E-state index contributed by atoms with van der Waals surface area (Å²) in [6.07, 6.45) is -6.68. The van der Waals surface area contributed by atoms with Gasteiger partial charge in [-0.1, -0.05) is 43.3 Å². The number of hydrogen-bond acceptors (Lipinski definition) is 4. The second-order valence-electron chi connectivity index (χ2n) is 7.49. The molecule has 0 fully saturated rings. The number of halogens is 5. The van der Waals surface area contributed by atoms with Gasteiger partial charge in [0.05, 0.1) is 13.2 Å². The highest BCUT2D eigenvalue weighted by molar-refractivity contribution is 7.99. The monoisotopic (exact) mass is 459 g/mol. The largest absolute Gasteiger partial charge is 0.497 e. The first-order chi connectivity index (χ1) is 14.5. The number of carbonyl (C=O) groups excluding carboxylic acids is 1. The van der Waals surface area contributed by atoms with Crippen LogP contribution in [0.25, 0.3) is 0 Å². The van der Waals surface area contributed by atoms with E-state index in [-0.39, 0.29) is 12.2 Å². The van der Waals surface area contributed by atoms with Crippen LogP contribution < -0.4 is 10.1 Å². The van der Waals surface area contributed by atoms with Gasteiger partial charge in [-0.05, 0) is 29.7 Å². The van der Waals surface area contributed by atoms with Crippen LogP contribution in [0, 0.1) is 0 Å². The summed E-state index contributed by atoms with van der Waals surface area (Å²) < 4.78 is 71.1. The standard InChI is InChI=1S/C22H22F5NO2S/c1-3-20(12-18(29)21(23,24)22(25,26)27)13-31-17-11-15(30-2)9-10-16(17)19(28-20)14-7-5-4-6-8-14/h4-11,19,28H,3,12-13H2,1-2H3. The van der Waals surface area contributed by atoms with Crippen LogP contribution in [0.15, 0.2) is 53.4 Å². The van der Waals surface area contributed by atoms with E-state index in [0.717, 1.165) is 16.0 Å². The molecular formula is C22H22F5NO2S. The number of rotatable bonds is 6. The molecule has 0 saturated heterocycles. The van der Waals surface area contributed by atoms with Crippen molar-refractivity contribution in [3.63, 3.8) is 0 Å². The summed E-state index contributed by atoms with van der Waals surface area (Å²) in [5.41, 5.74) is 0.384. The molecule has 2 aromatic rings. The van der Waals surface area contributed by atoms with Gasteiger partial charge in [-0.15, -0.1) is 11.8 Å². The maximum atomic E-state index is 13.7. The second kappa shape index (κ2) is 8.78. The van der Waals surface area contributed by atoms with E-state index in [2.05, 4.69) is 5.32 Å². The summed E-state index contributed by atoms with van der Waals surface area (Å²) in [6.45, 7) is 1.67. The number of hydrogen-bond donors (Lipinski definition) is 1. The fourth-order valence-electron chi connectivity index (χ4n) is 3.56. The van der Waals surface area contributed by atoms with Gasteiger partial charge in [0, 0.05) is 22.6 Å². The van der Waals surface area contributed by atoms with Gasteiger partial charge in [0.15, 0.2) is 0 Å². The molecule has 1 aliphatic heterocycles. The predicted molar refractivity (Wildman–Crippen MR) is 109 cm³/mol. The van der Waals surface area contributed by atoms with Gasteiger partial charge < -0.3 is 4.74 Å². The average molecular weight is 459 g/mol. The van der Waals surface area contributed by atoms with Crippen molar-refractivity contribution in [1.82, 2.24) is 5.32 Å². The molecule has 1 N–H and O–H groups in total. The van der Waals surface area contributed by atoms with E-state index < -0.39 is 35.9 Å². The molecule has 0 saturated carbocycles. The van der Waals surface area contributed by atoms with Crippen molar-refractivity contribution in [2.75, 3.05) is 12.9 Å². The van der Waals surface area contributed by atoms with Crippen molar-refractivity contribution < 1.29 is 31.5 Å². The molecule has 0 spiro atoms. The summed E-state index contributed by atoms with van der Waals surface area (Å²) in [4.78, 5) is 12.9. The first-order valence-electron chi connectivity index (χ1n) is 9.64. The Morgan fingerprint density at radius 1 is 1.16 bits per heavy atom. The quantitative estimate of drug-likeness (QED) is 0.556. The van der Waals surface area contributed by atoms with E-state index in [1.54, 1.807) is 19.1 Å². The number of carbonyl (C=O) groups is 1. The smallest absolute Gasteiger partial charge is 0.461 e. The third-order valence-corrected chi connectivity index (χ3v) is 6.86. The summed E-state index contributed by atoms with van der Waals surface area (Å²) in [5, 5.41) is 3.26. The summed E-state index contributed by atoms with van der Waals surface area (Å²) in [5.74, 6) is -6.79. The van der Waals surface area contributed by atoms with Crippen LogP contribution in [-0.2, 0) is 4.79 Å². The maximum Gasteiger partial charge on any atom is 0.461 e. The molecular weight excluding hydrogens is 437 g/mol. The van der Waals surface area contributed by atoms with E-state index in [1.807, 2.05) is 36.4 Å². The number of fused-ring (bicyclic) bond motifs is 1. The van der Waals surface area contributed by atoms with Crippen molar-refractivity contribution in [3.8, 4) is 5.75 Å². The Kier molecular flexibility index (Phi) is 6.67. The van der Waals surface area contributed by atoms with Crippen LogP contribution >= 0.6 is 11.8 Å². The minimum absolute atomic E-state index is 0.146. The third kappa shape index (κ3) is 4.72. The van der Waals surface area contributed by atoms with Crippen LogP contribution in [-0.4, -0.2) is 36.3 Å². The van der Waals surface area contributed by atoms with Crippen LogP contribution in [0.1, 0.15) is 36.9 Å². The molecule has 2 unspecified atom stereocenters. The van der Waals surface area contributed by atoms with Crippen LogP contribution in [0.4, 0.5) is 22.0 Å². The maximum absolute atomic E-state index is 13.7. The summed E-state index contributed by atoms with van der Waals surface area (Å²) >= 11 is 1.31. The Hall–Kier alpha value is -2.13. The Bertz CT molecular complexity index is 935. The lowest BCUT2D eigenvalue weighted by Crippen LogP contribution is -2.54. The zero-order valence-electron chi connectivity index (χ0n) is 16.9. The highest BCUT2D eigenvalue weighted by Gasteiger charge is 2.63. The fraction of sp³-hybridized carbons (Fsp3) is 0.409. The van der Waals surface area contributed by atoms with Crippen LogP contribution in [0.3, 0.4) is 0 Å². The Balaban J connectivity index is 2.03. The molecule has 3 rings (SSSR count). The van der Waals surface area contributed by atoms with Gasteiger partial charge in [0.25, 0.3) is 0 Å². The van der Waals surface area contributed by atoms with Crippen molar-refractivity contribution in [2.45, 2.75) is 48.3 Å². The van der Waals surface area contributed by atoms with Gasteiger partial charge in [-0.3, -0.25) is 10.1 Å². The molecule has 9 heteroatoms. The zero-order valence-corrected chi connectivity index (χ0v) is 17.7. The number of ketones is 1. The van der Waals surface area contributed by atoms with Gasteiger partial charge in [-0.2, -0.15) is 22.0 Å². The SMILES string of the molecule is CCC1(CC(=O)C(F)(F)C(F)(F)F)CSc2cc(OC)ccc2C(c2ccccc2)N1. The fourth-order valence-corrected chi connectivity index (χ4v) is 4.94. The Labute approximate surface area is 181 Å². The van der Waals surface area contributed by atoms with Crippen LogP contribution in [0.5, 0.6) is 5.75 Å².